The van der Waals surface area contributed by atoms with E-state index in [9.17, 15) is 4.79 Å². The Hall–Kier alpha value is -2.56. The van der Waals surface area contributed by atoms with Crippen molar-refractivity contribution in [2.75, 3.05) is 0 Å². The maximum atomic E-state index is 12.1. The van der Waals surface area contributed by atoms with Gasteiger partial charge in [0.05, 0.1) is 23.8 Å². The van der Waals surface area contributed by atoms with E-state index in [1.165, 1.54) is 44.8 Å². The Morgan fingerprint density at radius 2 is 1.81 bits per heavy atom. The van der Waals surface area contributed by atoms with Crippen LogP contribution in [0.5, 0.6) is 0 Å². The van der Waals surface area contributed by atoms with Crippen LogP contribution in [0.25, 0.3) is 11.0 Å². The highest BCUT2D eigenvalue weighted by Crippen LogP contribution is 2.18. The van der Waals surface area contributed by atoms with Gasteiger partial charge >= 0.3 is 0 Å². The lowest BCUT2D eigenvalue weighted by atomic mass is 10.1. The Labute approximate surface area is 160 Å². The molecule has 0 bridgehead atoms. The molecule has 0 saturated carbocycles. The third-order valence-electron chi connectivity index (χ3n) is 4.87. The summed E-state index contributed by atoms with van der Waals surface area (Å²) in [7, 11) is 0. The number of amides is 1. The van der Waals surface area contributed by atoms with Crippen molar-refractivity contribution >= 4 is 16.9 Å². The molecule has 1 aromatic carbocycles. The fraction of sp³-hybridized carbons (Fsp3) is 0.455. The number of hydrogen-bond donors (Lipinski definition) is 1. The molecule has 0 radical (unpaired) electrons. The van der Waals surface area contributed by atoms with Gasteiger partial charge in [-0.2, -0.15) is 0 Å². The zero-order valence-corrected chi connectivity index (χ0v) is 16.1. The van der Waals surface area contributed by atoms with E-state index in [0.29, 0.717) is 12.3 Å². The van der Waals surface area contributed by atoms with E-state index in [1.54, 1.807) is 12.1 Å². The van der Waals surface area contributed by atoms with Crippen LogP contribution in [0.1, 0.15) is 68.2 Å². The number of nitrogens with zero attached hydrogens (tertiary/aromatic N) is 2. The molecule has 0 saturated heterocycles. The molecule has 0 unspecified atom stereocenters. The largest absolute Gasteiger partial charge is 0.459 e. The normalized spacial score (nSPS) is 11.1. The molecule has 1 amide bonds. The summed E-state index contributed by atoms with van der Waals surface area (Å²) in [6.07, 6.45) is 10.4. The second-order valence-electron chi connectivity index (χ2n) is 6.95. The van der Waals surface area contributed by atoms with Crippen molar-refractivity contribution in [2.24, 2.45) is 0 Å². The Bertz CT molecular complexity index is 836. The van der Waals surface area contributed by atoms with Crippen molar-refractivity contribution in [1.82, 2.24) is 14.9 Å². The summed E-state index contributed by atoms with van der Waals surface area (Å²) in [5, 5.41) is 2.91. The zero-order valence-electron chi connectivity index (χ0n) is 16.1. The summed E-state index contributed by atoms with van der Waals surface area (Å²) in [6, 6.07) is 11.5. The van der Waals surface area contributed by atoms with Crippen LogP contribution in [0.15, 0.2) is 47.1 Å². The van der Waals surface area contributed by atoms with Gasteiger partial charge in [0.1, 0.15) is 5.82 Å². The minimum atomic E-state index is -0.213. The Balaban J connectivity index is 1.60. The number of nitrogens with one attached hydrogen (secondary N) is 1. The molecule has 2 aromatic heterocycles. The predicted molar refractivity (Wildman–Crippen MR) is 108 cm³/mol. The minimum Gasteiger partial charge on any atom is -0.459 e. The molecule has 3 rings (SSSR count). The molecular weight excluding hydrogens is 338 g/mol. The Morgan fingerprint density at radius 1 is 1.04 bits per heavy atom. The molecule has 0 atom stereocenters. The summed E-state index contributed by atoms with van der Waals surface area (Å²) in [5.41, 5.74) is 2.11. The molecule has 0 aliphatic heterocycles. The third kappa shape index (κ3) is 5.22. The van der Waals surface area contributed by atoms with Crippen molar-refractivity contribution in [3.8, 4) is 0 Å². The summed E-state index contributed by atoms with van der Waals surface area (Å²) >= 11 is 0. The van der Waals surface area contributed by atoms with Gasteiger partial charge in [0.2, 0.25) is 0 Å². The molecule has 144 valence electrons. The quantitative estimate of drug-likeness (QED) is 0.467. The molecule has 1 N–H and O–H groups in total. The van der Waals surface area contributed by atoms with Crippen molar-refractivity contribution < 1.29 is 9.21 Å². The van der Waals surface area contributed by atoms with Gasteiger partial charge in [-0.3, -0.25) is 4.79 Å². The SMILES string of the molecule is CCCCCCCCCn1c(CNC(=O)c2ccco2)nc2ccccc21. The van der Waals surface area contributed by atoms with E-state index in [1.807, 2.05) is 18.2 Å². The maximum absolute atomic E-state index is 12.1. The van der Waals surface area contributed by atoms with E-state index < -0.39 is 0 Å². The first-order chi connectivity index (χ1) is 13.3. The van der Waals surface area contributed by atoms with Crippen LogP contribution < -0.4 is 5.32 Å². The summed E-state index contributed by atoms with van der Waals surface area (Å²) in [4.78, 5) is 16.9. The smallest absolute Gasteiger partial charge is 0.287 e. The molecule has 0 spiro atoms. The topological polar surface area (TPSA) is 60.1 Å². The number of unbranched alkanes of at least 4 members (excludes halogenated alkanes) is 6. The van der Waals surface area contributed by atoms with E-state index in [2.05, 4.69) is 22.9 Å². The molecule has 5 nitrogen and oxygen atoms in total. The van der Waals surface area contributed by atoms with E-state index in [4.69, 9.17) is 9.40 Å². The number of rotatable bonds is 11. The number of fused-ring (bicyclic) bond motifs is 1. The number of para-hydroxylation sites is 2. The van der Waals surface area contributed by atoms with Crippen LogP contribution in [0.3, 0.4) is 0 Å². The number of furan rings is 1. The van der Waals surface area contributed by atoms with Crippen LogP contribution in [-0.2, 0) is 13.1 Å². The maximum Gasteiger partial charge on any atom is 0.287 e. The minimum absolute atomic E-state index is 0.213. The Kier molecular flexibility index (Phi) is 7.08. The van der Waals surface area contributed by atoms with Gasteiger partial charge < -0.3 is 14.3 Å². The van der Waals surface area contributed by atoms with Crippen LogP contribution >= 0.6 is 0 Å². The molecule has 0 aliphatic carbocycles. The number of carbonyl (C=O) groups is 1. The molecule has 5 heteroatoms. The van der Waals surface area contributed by atoms with Gasteiger partial charge in [-0.25, -0.2) is 4.98 Å². The second kappa shape index (κ2) is 9.95. The average molecular weight is 367 g/mol. The van der Waals surface area contributed by atoms with Crippen molar-refractivity contribution in [3.05, 3.63) is 54.2 Å². The van der Waals surface area contributed by atoms with Gasteiger partial charge in [0, 0.05) is 6.54 Å². The lowest BCUT2D eigenvalue weighted by Gasteiger charge is -2.10. The highest BCUT2D eigenvalue weighted by Gasteiger charge is 2.13. The van der Waals surface area contributed by atoms with E-state index in [0.717, 1.165) is 29.8 Å². The number of benzene rings is 1. The molecule has 2 heterocycles. The van der Waals surface area contributed by atoms with Crippen molar-refractivity contribution in [1.29, 1.82) is 0 Å². The van der Waals surface area contributed by atoms with Gasteiger partial charge in [0.25, 0.3) is 5.91 Å². The zero-order chi connectivity index (χ0) is 18.9. The average Bonchev–Trinajstić information content (AvgIpc) is 3.34. The van der Waals surface area contributed by atoms with Crippen molar-refractivity contribution in [2.45, 2.75) is 65.0 Å². The molecular formula is C22H29N3O2. The highest BCUT2D eigenvalue weighted by molar-refractivity contribution is 5.91. The first-order valence-electron chi connectivity index (χ1n) is 10.1. The van der Waals surface area contributed by atoms with Crippen LogP contribution in [0, 0.1) is 0 Å². The molecule has 0 fully saturated rings. The fourth-order valence-corrected chi connectivity index (χ4v) is 3.39. The van der Waals surface area contributed by atoms with Gasteiger partial charge in [-0.05, 0) is 30.7 Å². The van der Waals surface area contributed by atoms with Gasteiger partial charge in [-0.15, -0.1) is 0 Å². The monoisotopic (exact) mass is 367 g/mol. The number of carbonyl (C=O) groups excluding carboxylic acids is 1. The Morgan fingerprint density at radius 3 is 2.59 bits per heavy atom. The second-order valence-corrected chi connectivity index (χ2v) is 6.95. The summed E-state index contributed by atoms with van der Waals surface area (Å²) in [6.45, 7) is 3.57. The van der Waals surface area contributed by atoms with Gasteiger partial charge in [-0.1, -0.05) is 57.6 Å². The van der Waals surface area contributed by atoms with E-state index >= 15 is 0 Å². The predicted octanol–water partition coefficient (Wildman–Crippen LogP) is 5.31. The molecule has 3 aromatic rings. The van der Waals surface area contributed by atoms with E-state index in [-0.39, 0.29) is 5.91 Å². The van der Waals surface area contributed by atoms with Crippen LogP contribution in [0.2, 0.25) is 0 Å². The number of aromatic nitrogens is 2. The van der Waals surface area contributed by atoms with Crippen LogP contribution in [-0.4, -0.2) is 15.5 Å². The summed E-state index contributed by atoms with van der Waals surface area (Å²) < 4.78 is 7.39. The fourth-order valence-electron chi connectivity index (χ4n) is 3.39. The molecule has 27 heavy (non-hydrogen) atoms. The lowest BCUT2D eigenvalue weighted by molar-refractivity contribution is 0.0921. The standard InChI is InChI=1S/C22H29N3O2/c1-2-3-4-5-6-7-10-15-25-19-13-9-8-12-18(19)24-21(25)17-23-22(26)20-14-11-16-27-20/h8-9,11-14,16H,2-7,10,15,17H2,1H3,(H,23,26). The first-order valence-corrected chi connectivity index (χ1v) is 10.1. The lowest BCUT2D eigenvalue weighted by Crippen LogP contribution is -2.24. The van der Waals surface area contributed by atoms with Gasteiger partial charge in [0.15, 0.2) is 5.76 Å². The summed E-state index contributed by atoms with van der Waals surface area (Å²) in [5.74, 6) is 1.00. The number of hydrogen-bond acceptors (Lipinski definition) is 3. The van der Waals surface area contributed by atoms with Crippen LogP contribution in [0.4, 0.5) is 0 Å². The number of imidazole rings is 1. The van der Waals surface area contributed by atoms with Crippen molar-refractivity contribution in [3.63, 3.8) is 0 Å². The first kappa shape index (κ1) is 19.2. The highest BCUT2D eigenvalue weighted by atomic mass is 16.3. The number of aryl methyl sites for hydroxylation is 1. The molecule has 0 aliphatic rings. The third-order valence-corrected chi connectivity index (χ3v) is 4.87.